The quantitative estimate of drug-likeness (QED) is 0.585. The summed E-state index contributed by atoms with van der Waals surface area (Å²) in [7, 11) is 0. The molecule has 0 bridgehead atoms. The summed E-state index contributed by atoms with van der Waals surface area (Å²) in [4.78, 5) is 2.03. The number of hydrogen-bond acceptors (Lipinski definition) is 2. The zero-order valence-corrected chi connectivity index (χ0v) is 14.7. The lowest BCUT2D eigenvalue weighted by molar-refractivity contribution is -0.139. The van der Waals surface area contributed by atoms with E-state index in [0.29, 0.717) is 32.0 Å². The summed E-state index contributed by atoms with van der Waals surface area (Å²) in [6, 6.07) is 2.59. The van der Waals surface area contributed by atoms with E-state index in [0.717, 1.165) is 19.2 Å². The van der Waals surface area contributed by atoms with Gasteiger partial charge in [-0.05, 0) is 30.5 Å². The third-order valence-corrected chi connectivity index (χ3v) is 3.92. The van der Waals surface area contributed by atoms with Crippen molar-refractivity contribution in [3.05, 3.63) is 47.8 Å². The molecule has 0 saturated carbocycles. The largest absolute Gasteiger partial charge is 0.416 e. The Morgan fingerprint density at radius 3 is 2.38 bits per heavy atom. The Balaban J connectivity index is 0.00000264. The van der Waals surface area contributed by atoms with Gasteiger partial charge in [-0.25, -0.2) is 4.39 Å². The molecule has 1 saturated heterocycles. The van der Waals surface area contributed by atoms with Crippen LogP contribution in [0.2, 0.25) is 0 Å². The lowest BCUT2D eigenvalue weighted by Crippen LogP contribution is -2.45. The molecule has 8 heteroatoms. The van der Waals surface area contributed by atoms with Crippen LogP contribution in [0.3, 0.4) is 0 Å². The Kier molecular flexibility index (Phi) is 9.88. The molecule has 1 aliphatic heterocycles. The Bertz CT molecular complexity index is 517. The maximum Gasteiger partial charge on any atom is 0.416 e. The number of hydrogen-bond donors (Lipinski definition) is 1. The van der Waals surface area contributed by atoms with Gasteiger partial charge in [0.25, 0.3) is 0 Å². The molecule has 0 aromatic heterocycles. The molecule has 24 heavy (non-hydrogen) atoms. The van der Waals surface area contributed by atoms with Crippen LogP contribution in [0.1, 0.15) is 30.0 Å². The van der Waals surface area contributed by atoms with Crippen LogP contribution in [0, 0.1) is 5.82 Å². The molecule has 1 heterocycles. The number of allylic oxidation sites excluding steroid dienone is 1. The number of piperazine rings is 1. The molecule has 0 spiro atoms. The maximum atomic E-state index is 13.3. The van der Waals surface area contributed by atoms with E-state index in [1.165, 1.54) is 6.07 Å². The van der Waals surface area contributed by atoms with Crippen LogP contribution in [0.4, 0.5) is 17.6 Å². The molecule has 1 atom stereocenters. The minimum absolute atomic E-state index is 0. The van der Waals surface area contributed by atoms with E-state index in [1.54, 1.807) is 6.08 Å². The summed E-state index contributed by atoms with van der Waals surface area (Å²) in [6.07, 6.45) is -1.70. The van der Waals surface area contributed by atoms with Gasteiger partial charge in [0.2, 0.25) is 0 Å². The summed E-state index contributed by atoms with van der Waals surface area (Å²) < 4.78 is 53.1. The summed E-state index contributed by atoms with van der Waals surface area (Å²) in [5, 5.41) is 3.19. The van der Waals surface area contributed by atoms with Gasteiger partial charge in [-0.3, -0.25) is 4.90 Å². The topological polar surface area (TPSA) is 15.3 Å². The summed E-state index contributed by atoms with van der Waals surface area (Å²) in [5.74, 6) is -0.862. The molecule has 1 fully saturated rings. The SMILES string of the molecule is C=CCC[C@H](c1ccc(F)cc1C(F)(F)F)N1CCNCC1.Cl.Cl. The molecule has 1 N–H and O–H groups in total. The van der Waals surface area contributed by atoms with Gasteiger partial charge in [-0.1, -0.05) is 12.1 Å². The van der Waals surface area contributed by atoms with Crippen molar-refractivity contribution in [2.45, 2.75) is 25.1 Å². The van der Waals surface area contributed by atoms with Gasteiger partial charge in [0, 0.05) is 32.2 Å². The van der Waals surface area contributed by atoms with Crippen molar-refractivity contribution in [3.8, 4) is 0 Å². The normalized spacial score (nSPS) is 16.7. The van der Waals surface area contributed by atoms with Crippen LogP contribution in [0.25, 0.3) is 0 Å². The van der Waals surface area contributed by atoms with Gasteiger partial charge in [-0.15, -0.1) is 31.4 Å². The van der Waals surface area contributed by atoms with Crippen molar-refractivity contribution in [3.63, 3.8) is 0 Å². The standard InChI is InChI=1S/C16H20F4N2.2ClH/c1-2-3-4-15(22-9-7-21-8-10-22)13-6-5-12(17)11-14(13)16(18,19)20;;/h2,5-6,11,15,21H,1,3-4,7-10H2;2*1H/t15-;;/m1../s1. The Morgan fingerprint density at radius 1 is 1.21 bits per heavy atom. The second kappa shape index (κ2) is 10.2. The number of nitrogens with zero attached hydrogens (tertiary/aromatic N) is 1. The molecular formula is C16H22Cl2F4N2. The van der Waals surface area contributed by atoms with E-state index in [-0.39, 0.29) is 36.4 Å². The van der Waals surface area contributed by atoms with Crippen LogP contribution in [-0.2, 0) is 6.18 Å². The second-order valence-corrected chi connectivity index (χ2v) is 5.40. The molecule has 0 aliphatic carbocycles. The van der Waals surface area contributed by atoms with E-state index >= 15 is 0 Å². The fraction of sp³-hybridized carbons (Fsp3) is 0.500. The first-order valence-electron chi connectivity index (χ1n) is 7.36. The first-order valence-corrected chi connectivity index (χ1v) is 7.36. The van der Waals surface area contributed by atoms with Gasteiger partial charge < -0.3 is 5.32 Å². The van der Waals surface area contributed by atoms with Gasteiger partial charge in [-0.2, -0.15) is 13.2 Å². The molecular weight excluding hydrogens is 367 g/mol. The van der Waals surface area contributed by atoms with E-state index in [1.807, 2.05) is 4.90 Å². The highest BCUT2D eigenvalue weighted by atomic mass is 35.5. The van der Waals surface area contributed by atoms with Gasteiger partial charge in [0.15, 0.2) is 0 Å². The van der Waals surface area contributed by atoms with Crippen LogP contribution in [-0.4, -0.2) is 31.1 Å². The smallest absolute Gasteiger partial charge is 0.314 e. The highest BCUT2D eigenvalue weighted by Gasteiger charge is 2.37. The highest BCUT2D eigenvalue weighted by molar-refractivity contribution is 5.85. The number of alkyl halides is 3. The van der Waals surface area contributed by atoms with Gasteiger partial charge in [0.05, 0.1) is 5.56 Å². The first-order chi connectivity index (χ1) is 10.4. The van der Waals surface area contributed by atoms with Crippen LogP contribution in [0.5, 0.6) is 0 Å². The predicted octanol–water partition coefficient (Wildman–Crippen LogP) is 4.60. The Morgan fingerprint density at radius 2 is 1.83 bits per heavy atom. The Labute approximate surface area is 152 Å². The van der Waals surface area contributed by atoms with Crippen molar-refractivity contribution in [2.75, 3.05) is 26.2 Å². The van der Waals surface area contributed by atoms with Crippen LogP contribution in [0.15, 0.2) is 30.9 Å². The maximum absolute atomic E-state index is 13.3. The molecule has 2 rings (SSSR count). The summed E-state index contributed by atoms with van der Waals surface area (Å²) >= 11 is 0. The molecule has 2 nitrogen and oxygen atoms in total. The van der Waals surface area contributed by atoms with E-state index in [9.17, 15) is 17.6 Å². The first kappa shape index (κ1) is 23.2. The van der Waals surface area contributed by atoms with E-state index < -0.39 is 17.6 Å². The van der Waals surface area contributed by atoms with Crippen molar-refractivity contribution in [2.24, 2.45) is 0 Å². The molecule has 0 unspecified atom stereocenters. The fourth-order valence-electron chi connectivity index (χ4n) is 2.87. The predicted molar refractivity (Wildman–Crippen MR) is 92.5 cm³/mol. The van der Waals surface area contributed by atoms with Crippen molar-refractivity contribution in [1.29, 1.82) is 0 Å². The van der Waals surface area contributed by atoms with Crippen molar-refractivity contribution < 1.29 is 17.6 Å². The van der Waals surface area contributed by atoms with Crippen LogP contribution < -0.4 is 5.32 Å². The Hall–Kier alpha value is -0.820. The van der Waals surface area contributed by atoms with Gasteiger partial charge in [0.1, 0.15) is 5.82 Å². The molecule has 138 valence electrons. The van der Waals surface area contributed by atoms with Crippen molar-refractivity contribution in [1.82, 2.24) is 10.2 Å². The zero-order valence-electron chi connectivity index (χ0n) is 13.1. The average molecular weight is 389 g/mol. The number of halogens is 6. The number of rotatable bonds is 5. The summed E-state index contributed by atoms with van der Waals surface area (Å²) in [6.45, 7) is 6.48. The van der Waals surface area contributed by atoms with E-state index in [2.05, 4.69) is 11.9 Å². The molecule has 0 radical (unpaired) electrons. The minimum atomic E-state index is -4.56. The van der Waals surface area contributed by atoms with Crippen LogP contribution >= 0.6 is 24.8 Å². The average Bonchev–Trinajstić information content (AvgIpc) is 2.49. The highest BCUT2D eigenvalue weighted by Crippen LogP contribution is 2.38. The third kappa shape index (κ3) is 5.92. The minimum Gasteiger partial charge on any atom is -0.314 e. The zero-order chi connectivity index (χ0) is 16.2. The molecule has 1 aliphatic rings. The van der Waals surface area contributed by atoms with Gasteiger partial charge >= 0.3 is 6.18 Å². The second-order valence-electron chi connectivity index (χ2n) is 5.40. The monoisotopic (exact) mass is 388 g/mol. The van der Waals surface area contributed by atoms with E-state index in [4.69, 9.17) is 0 Å². The molecule has 0 amide bonds. The number of benzene rings is 1. The third-order valence-electron chi connectivity index (χ3n) is 3.92. The number of nitrogens with one attached hydrogen (secondary N) is 1. The lowest BCUT2D eigenvalue weighted by atomic mass is 9.94. The molecule has 1 aromatic rings. The molecule has 1 aromatic carbocycles. The van der Waals surface area contributed by atoms with Crippen molar-refractivity contribution >= 4 is 24.8 Å². The lowest BCUT2D eigenvalue weighted by Gasteiger charge is -2.36. The summed E-state index contributed by atoms with van der Waals surface area (Å²) in [5.41, 5.74) is -0.724. The fourth-order valence-corrected chi connectivity index (χ4v) is 2.87.